The van der Waals surface area contributed by atoms with Gasteiger partial charge in [-0.25, -0.2) is 14.6 Å². The molecule has 136 valence electrons. The molecule has 27 heavy (non-hydrogen) atoms. The van der Waals surface area contributed by atoms with E-state index in [0.29, 0.717) is 22.0 Å². The summed E-state index contributed by atoms with van der Waals surface area (Å²) >= 11 is 9.08. The van der Waals surface area contributed by atoms with Gasteiger partial charge < -0.3 is 4.57 Å². The molecule has 0 radical (unpaired) electrons. The van der Waals surface area contributed by atoms with Crippen LogP contribution < -0.4 is 5.56 Å². The Hall–Kier alpha value is -2.63. The molecule has 1 N–H and O–H groups in total. The highest BCUT2D eigenvalue weighted by atomic mass is 35.5. The Morgan fingerprint density at radius 3 is 2.96 bits per heavy atom. The summed E-state index contributed by atoms with van der Waals surface area (Å²) in [6.45, 7) is 0.255. The first-order chi connectivity index (χ1) is 13.1. The third-order valence-electron chi connectivity index (χ3n) is 4.26. The molecule has 0 aliphatic rings. The number of H-pyrrole nitrogens is 1. The number of aromatic nitrogens is 8. The number of thiazole rings is 2. The molecule has 0 bridgehead atoms. The first-order valence-corrected chi connectivity index (χ1v) is 9.95. The van der Waals surface area contributed by atoms with Crippen molar-refractivity contribution >= 4 is 55.5 Å². The Morgan fingerprint density at radius 1 is 1.33 bits per heavy atom. The zero-order chi connectivity index (χ0) is 18.5. The monoisotopic (exact) mass is 418 g/mol. The average Bonchev–Trinajstić information content (AvgIpc) is 3.41. The van der Waals surface area contributed by atoms with Crippen LogP contribution in [0.2, 0.25) is 4.34 Å². The van der Waals surface area contributed by atoms with E-state index in [0.717, 1.165) is 26.4 Å². The van der Waals surface area contributed by atoms with Crippen LogP contribution in [0.1, 0.15) is 16.4 Å². The van der Waals surface area contributed by atoms with Crippen molar-refractivity contribution in [1.29, 1.82) is 0 Å². The lowest BCUT2D eigenvalue weighted by molar-refractivity contribution is 0.631. The average molecular weight is 419 g/mol. The molecular formula is C15H11ClN8OS2. The summed E-state index contributed by atoms with van der Waals surface area (Å²) in [4.78, 5) is 21.9. The molecule has 5 aromatic rings. The number of halogens is 1. The third kappa shape index (κ3) is 2.66. The molecule has 0 saturated carbocycles. The van der Waals surface area contributed by atoms with Crippen LogP contribution in [0.5, 0.6) is 0 Å². The molecule has 0 atom stereocenters. The fourth-order valence-electron chi connectivity index (χ4n) is 2.99. The second kappa shape index (κ2) is 6.22. The van der Waals surface area contributed by atoms with Crippen molar-refractivity contribution in [1.82, 2.24) is 39.7 Å². The summed E-state index contributed by atoms with van der Waals surface area (Å²) in [6.07, 6.45) is 3.84. The number of fused-ring (bicyclic) bond motifs is 3. The van der Waals surface area contributed by atoms with Crippen LogP contribution in [0.3, 0.4) is 0 Å². The summed E-state index contributed by atoms with van der Waals surface area (Å²) in [5.41, 5.74) is 4.32. The summed E-state index contributed by atoms with van der Waals surface area (Å²) in [6, 6.07) is 0. The fourth-order valence-corrected chi connectivity index (χ4v) is 4.87. The lowest BCUT2D eigenvalue weighted by Crippen LogP contribution is -2.24. The lowest BCUT2D eigenvalue weighted by Gasteiger charge is -2.03. The van der Waals surface area contributed by atoms with Crippen LogP contribution in [0, 0.1) is 0 Å². The van der Waals surface area contributed by atoms with Crippen LogP contribution in [0.25, 0.3) is 21.3 Å². The van der Waals surface area contributed by atoms with Gasteiger partial charge in [-0.3, -0.25) is 4.79 Å². The van der Waals surface area contributed by atoms with E-state index >= 15 is 0 Å². The van der Waals surface area contributed by atoms with Crippen LogP contribution in [0.15, 0.2) is 22.7 Å². The quantitative estimate of drug-likeness (QED) is 0.479. The van der Waals surface area contributed by atoms with E-state index in [2.05, 4.69) is 25.5 Å². The minimum absolute atomic E-state index is 0.188. The number of hydrogen-bond acceptors (Lipinski definition) is 8. The molecule has 5 heterocycles. The van der Waals surface area contributed by atoms with Gasteiger partial charge in [0.25, 0.3) is 5.56 Å². The maximum absolute atomic E-state index is 12.9. The molecule has 12 heteroatoms. The lowest BCUT2D eigenvalue weighted by atomic mass is 10.3. The number of aryl methyl sites for hydroxylation is 1. The normalized spacial score (nSPS) is 11.8. The largest absolute Gasteiger partial charge is 0.323 e. The molecule has 9 nitrogen and oxygen atoms in total. The van der Waals surface area contributed by atoms with Gasteiger partial charge in [0, 0.05) is 18.9 Å². The van der Waals surface area contributed by atoms with Gasteiger partial charge in [-0.2, -0.15) is 20.5 Å². The minimum Gasteiger partial charge on any atom is -0.323 e. The SMILES string of the molecule is Cn1c2nc(Cc3ncsc3Cl)sc2c2cnn(Cc3cn[nH]n3)c(=O)c21. The number of nitrogens with one attached hydrogen (secondary N) is 1. The standard InChI is InChI=1S/C15H11ClN8OS2/c1-23-11-8(4-19-24(15(11)25)5-7-3-18-22-21-7)12-14(23)20-10(27-12)2-9-13(16)26-6-17-9/h3-4,6H,2,5H2,1H3,(H,18,21,22). The molecule has 0 spiro atoms. The van der Waals surface area contributed by atoms with Gasteiger partial charge in [0.15, 0.2) is 5.65 Å². The van der Waals surface area contributed by atoms with E-state index in [1.807, 2.05) is 11.6 Å². The van der Waals surface area contributed by atoms with Crippen molar-refractivity contribution in [2.75, 3.05) is 0 Å². The Kier molecular flexibility index (Phi) is 3.81. The molecule has 5 rings (SSSR count). The Morgan fingerprint density at radius 2 is 2.22 bits per heavy atom. The molecule has 5 aromatic heterocycles. The maximum Gasteiger partial charge on any atom is 0.291 e. The van der Waals surface area contributed by atoms with Crippen molar-refractivity contribution in [3.8, 4) is 0 Å². The summed E-state index contributed by atoms with van der Waals surface area (Å²) in [7, 11) is 1.84. The van der Waals surface area contributed by atoms with Gasteiger partial charge >= 0.3 is 0 Å². The second-order valence-electron chi connectivity index (χ2n) is 5.90. The van der Waals surface area contributed by atoms with Crippen molar-refractivity contribution in [3.05, 3.63) is 49.0 Å². The number of hydrogen-bond donors (Lipinski definition) is 1. The number of rotatable bonds is 4. The highest BCUT2D eigenvalue weighted by Gasteiger charge is 2.19. The summed E-state index contributed by atoms with van der Waals surface area (Å²) in [5.74, 6) is 0. The molecule has 0 aliphatic carbocycles. The van der Waals surface area contributed by atoms with Gasteiger partial charge in [-0.05, 0) is 0 Å². The highest BCUT2D eigenvalue weighted by Crippen LogP contribution is 2.32. The van der Waals surface area contributed by atoms with Gasteiger partial charge in [-0.1, -0.05) is 11.6 Å². The van der Waals surface area contributed by atoms with Crippen LogP contribution in [-0.4, -0.2) is 39.7 Å². The zero-order valence-corrected chi connectivity index (χ0v) is 16.3. The van der Waals surface area contributed by atoms with Crippen molar-refractivity contribution in [2.45, 2.75) is 13.0 Å². The fraction of sp³-hybridized carbons (Fsp3) is 0.200. The first-order valence-electron chi connectivity index (χ1n) is 7.88. The van der Waals surface area contributed by atoms with Crippen LogP contribution >= 0.6 is 34.3 Å². The zero-order valence-electron chi connectivity index (χ0n) is 13.9. The minimum atomic E-state index is -0.188. The molecule has 0 fully saturated rings. The summed E-state index contributed by atoms with van der Waals surface area (Å²) in [5, 5.41) is 16.3. The van der Waals surface area contributed by atoms with E-state index in [4.69, 9.17) is 16.6 Å². The smallest absolute Gasteiger partial charge is 0.291 e. The molecule has 0 aliphatic heterocycles. The van der Waals surface area contributed by atoms with Crippen molar-refractivity contribution in [3.63, 3.8) is 0 Å². The van der Waals surface area contributed by atoms with Crippen molar-refractivity contribution in [2.24, 2.45) is 7.05 Å². The maximum atomic E-state index is 12.9. The van der Waals surface area contributed by atoms with Gasteiger partial charge in [0.05, 0.1) is 34.8 Å². The van der Waals surface area contributed by atoms with Gasteiger partial charge in [0.1, 0.15) is 20.6 Å². The topological polar surface area (TPSA) is 107 Å². The third-order valence-corrected chi connectivity index (χ3v) is 6.47. The number of aromatic amines is 1. The molecule has 0 saturated heterocycles. The van der Waals surface area contributed by atoms with E-state index in [1.165, 1.54) is 27.4 Å². The highest BCUT2D eigenvalue weighted by molar-refractivity contribution is 7.19. The van der Waals surface area contributed by atoms with Gasteiger partial charge in [-0.15, -0.1) is 22.7 Å². The molecule has 0 unspecified atom stereocenters. The molecule has 0 aromatic carbocycles. The Balaban J connectivity index is 1.61. The summed E-state index contributed by atoms with van der Waals surface area (Å²) < 4.78 is 4.81. The van der Waals surface area contributed by atoms with Gasteiger partial charge in [0.2, 0.25) is 0 Å². The predicted octanol–water partition coefficient (Wildman–Crippen LogP) is 2.21. The van der Waals surface area contributed by atoms with E-state index in [1.54, 1.807) is 17.9 Å². The van der Waals surface area contributed by atoms with E-state index in [9.17, 15) is 4.79 Å². The molecular weight excluding hydrogens is 408 g/mol. The van der Waals surface area contributed by atoms with Crippen molar-refractivity contribution < 1.29 is 0 Å². The molecule has 0 amide bonds. The Labute approximate surface area is 164 Å². The second-order valence-corrected chi connectivity index (χ2v) is 8.44. The predicted molar refractivity (Wildman–Crippen MR) is 104 cm³/mol. The van der Waals surface area contributed by atoms with Crippen LogP contribution in [0.4, 0.5) is 0 Å². The van der Waals surface area contributed by atoms with Crippen LogP contribution in [-0.2, 0) is 20.0 Å². The number of nitrogens with zero attached hydrogens (tertiary/aromatic N) is 7. The first kappa shape index (κ1) is 16.5. The van der Waals surface area contributed by atoms with E-state index in [-0.39, 0.29) is 12.1 Å². The Bertz CT molecular complexity index is 1330. The van der Waals surface area contributed by atoms with E-state index < -0.39 is 0 Å².